The summed E-state index contributed by atoms with van der Waals surface area (Å²) < 4.78 is 5.71. The van der Waals surface area contributed by atoms with Crippen molar-refractivity contribution in [1.29, 1.82) is 0 Å². The van der Waals surface area contributed by atoms with Gasteiger partial charge in [-0.05, 0) is 43.7 Å². The molecular formula is C21H23N3O2S. The number of carbonyl (C=O) groups is 1. The van der Waals surface area contributed by atoms with Gasteiger partial charge in [0.2, 0.25) is 0 Å². The molecule has 1 aliphatic heterocycles. The molecule has 27 heavy (non-hydrogen) atoms. The number of imidazole rings is 1. The van der Waals surface area contributed by atoms with Gasteiger partial charge in [0.1, 0.15) is 0 Å². The first-order chi connectivity index (χ1) is 13.1. The normalized spacial score (nSPS) is 20.1. The molecule has 1 amide bonds. The quantitative estimate of drug-likeness (QED) is 0.691. The van der Waals surface area contributed by atoms with E-state index in [-0.39, 0.29) is 18.1 Å². The van der Waals surface area contributed by atoms with Gasteiger partial charge in [0, 0.05) is 24.4 Å². The molecule has 3 aromatic rings. The van der Waals surface area contributed by atoms with E-state index < -0.39 is 0 Å². The fourth-order valence-electron chi connectivity index (χ4n) is 3.42. The van der Waals surface area contributed by atoms with Crippen molar-refractivity contribution in [3.63, 3.8) is 0 Å². The van der Waals surface area contributed by atoms with Crippen molar-refractivity contribution in [3.05, 3.63) is 59.7 Å². The SMILES string of the molecule is C[C@H]1CN(C(=O)c2ccc(CSc3nc4ccccc4[nH]3)cc2)C[C@H](C)O1. The molecule has 1 aromatic heterocycles. The molecule has 0 bridgehead atoms. The zero-order valence-corrected chi connectivity index (χ0v) is 16.3. The Kier molecular flexibility index (Phi) is 5.18. The van der Waals surface area contributed by atoms with Crippen LogP contribution < -0.4 is 0 Å². The van der Waals surface area contributed by atoms with Crippen molar-refractivity contribution in [2.75, 3.05) is 13.1 Å². The summed E-state index contributed by atoms with van der Waals surface area (Å²) in [7, 11) is 0. The van der Waals surface area contributed by atoms with E-state index in [0.29, 0.717) is 13.1 Å². The number of H-pyrrole nitrogens is 1. The highest BCUT2D eigenvalue weighted by Gasteiger charge is 2.26. The number of fused-ring (bicyclic) bond motifs is 1. The van der Waals surface area contributed by atoms with Crippen molar-refractivity contribution >= 4 is 28.7 Å². The maximum absolute atomic E-state index is 12.7. The van der Waals surface area contributed by atoms with Crippen LogP contribution >= 0.6 is 11.8 Å². The van der Waals surface area contributed by atoms with Crippen LogP contribution in [0, 0.1) is 0 Å². The van der Waals surface area contributed by atoms with Crippen LogP contribution in [-0.4, -0.2) is 46.1 Å². The average Bonchev–Trinajstić information content (AvgIpc) is 3.08. The predicted molar refractivity (Wildman–Crippen MR) is 108 cm³/mol. The number of amides is 1. The number of aromatic nitrogens is 2. The number of aromatic amines is 1. The van der Waals surface area contributed by atoms with E-state index in [1.807, 2.05) is 67.3 Å². The van der Waals surface area contributed by atoms with Crippen LogP contribution in [0.1, 0.15) is 29.8 Å². The number of carbonyl (C=O) groups excluding carboxylic acids is 1. The highest BCUT2D eigenvalue weighted by molar-refractivity contribution is 7.98. The van der Waals surface area contributed by atoms with E-state index in [9.17, 15) is 4.79 Å². The molecule has 2 heterocycles. The fraction of sp³-hybridized carbons (Fsp3) is 0.333. The predicted octanol–water partition coefficient (Wildman–Crippen LogP) is 4.10. The van der Waals surface area contributed by atoms with E-state index in [0.717, 1.165) is 27.5 Å². The highest BCUT2D eigenvalue weighted by Crippen LogP contribution is 2.23. The van der Waals surface area contributed by atoms with Crippen LogP contribution in [0.3, 0.4) is 0 Å². The molecule has 2 aromatic carbocycles. The Morgan fingerprint density at radius 2 is 1.85 bits per heavy atom. The summed E-state index contributed by atoms with van der Waals surface area (Å²) in [6.07, 6.45) is 0.161. The number of para-hydroxylation sites is 2. The van der Waals surface area contributed by atoms with Crippen molar-refractivity contribution in [2.45, 2.75) is 37.0 Å². The van der Waals surface area contributed by atoms with E-state index >= 15 is 0 Å². The Morgan fingerprint density at radius 3 is 2.56 bits per heavy atom. The van der Waals surface area contributed by atoms with Crippen molar-refractivity contribution in [1.82, 2.24) is 14.9 Å². The third-order valence-electron chi connectivity index (χ3n) is 4.65. The molecule has 0 unspecified atom stereocenters. The van der Waals surface area contributed by atoms with Gasteiger partial charge in [-0.3, -0.25) is 4.79 Å². The van der Waals surface area contributed by atoms with Gasteiger partial charge in [-0.1, -0.05) is 36.0 Å². The van der Waals surface area contributed by atoms with Crippen LogP contribution in [0.4, 0.5) is 0 Å². The molecule has 1 saturated heterocycles. The number of nitrogens with zero attached hydrogens (tertiary/aromatic N) is 2. The van der Waals surface area contributed by atoms with E-state index in [2.05, 4.69) is 9.97 Å². The molecule has 1 N–H and O–H groups in total. The van der Waals surface area contributed by atoms with Crippen LogP contribution in [0.25, 0.3) is 11.0 Å². The standard InChI is InChI=1S/C21H23N3O2S/c1-14-11-24(12-15(2)26-14)20(25)17-9-7-16(8-10-17)13-27-21-22-18-5-3-4-6-19(18)23-21/h3-10,14-15H,11-13H2,1-2H3,(H,22,23)/t14-,15-/m0/s1. The monoisotopic (exact) mass is 381 g/mol. The second kappa shape index (κ2) is 7.74. The Bertz CT molecular complexity index is 895. The molecular weight excluding hydrogens is 358 g/mol. The number of hydrogen-bond donors (Lipinski definition) is 1. The molecule has 6 heteroatoms. The number of rotatable bonds is 4. The van der Waals surface area contributed by atoms with Crippen molar-refractivity contribution in [2.24, 2.45) is 0 Å². The molecule has 2 atom stereocenters. The number of ether oxygens (including phenoxy) is 1. The molecule has 0 spiro atoms. The van der Waals surface area contributed by atoms with E-state index in [1.54, 1.807) is 11.8 Å². The largest absolute Gasteiger partial charge is 0.372 e. The van der Waals surface area contributed by atoms with Gasteiger partial charge in [0.25, 0.3) is 5.91 Å². The van der Waals surface area contributed by atoms with E-state index in [1.165, 1.54) is 5.56 Å². The number of nitrogens with one attached hydrogen (secondary N) is 1. The van der Waals surface area contributed by atoms with Crippen molar-refractivity contribution in [3.8, 4) is 0 Å². The second-order valence-electron chi connectivity index (χ2n) is 7.01. The topological polar surface area (TPSA) is 58.2 Å². The van der Waals surface area contributed by atoms with Crippen LogP contribution in [-0.2, 0) is 10.5 Å². The summed E-state index contributed by atoms with van der Waals surface area (Å²) in [5, 5.41) is 0.910. The van der Waals surface area contributed by atoms with Crippen LogP contribution in [0.15, 0.2) is 53.7 Å². The number of morpholine rings is 1. The molecule has 4 rings (SSSR count). The Balaban J connectivity index is 1.39. The lowest BCUT2D eigenvalue weighted by Crippen LogP contribution is -2.48. The van der Waals surface area contributed by atoms with E-state index in [4.69, 9.17) is 4.74 Å². The molecule has 0 radical (unpaired) electrons. The second-order valence-corrected chi connectivity index (χ2v) is 7.98. The third-order valence-corrected chi connectivity index (χ3v) is 5.60. The molecule has 1 aliphatic rings. The Labute approximate surface area is 163 Å². The smallest absolute Gasteiger partial charge is 0.254 e. The lowest BCUT2D eigenvalue weighted by atomic mass is 10.1. The highest BCUT2D eigenvalue weighted by atomic mass is 32.2. The Hall–Kier alpha value is -2.31. The molecule has 5 nitrogen and oxygen atoms in total. The van der Waals surface area contributed by atoms with Crippen LogP contribution in [0.5, 0.6) is 0 Å². The molecule has 0 aliphatic carbocycles. The van der Waals surface area contributed by atoms with Gasteiger partial charge in [-0.25, -0.2) is 4.98 Å². The number of hydrogen-bond acceptors (Lipinski definition) is 4. The minimum absolute atomic E-state index is 0.0773. The lowest BCUT2D eigenvalue weighted by Gasteiger charge is -2.35. The van der Waals surface area contributed by atoms with Gasteiger partial charge in [0.05, 0.1) is 23.2 Å². The Morgan fingerprint density at radius 1 is 1.15 bits per heavy atom. The first-order valence-corrected chi connectivity index (χ1v) is 10.2. The molecule has 0 saturated carbocycles. The number of thioether (sulfide) groups is 1. The molecule has 140 valence electrons. The van der Waals surface area contributed by atoms with Gasteiger partial charge in [0.15, 0.2) is 5.16 Å². The van der Waals surface area contributed by atoms with Gasteiger partial charge in [-0.2, -0.15) is 0 Å². The van der Waals surface area contributed by atoms with Gasteiger partial charge < -0.3 is 14.6 Å². The summed E-state index contributed by atoms with van der Waals surface area (Å²) in [4.78, 5) is 22.5. The average molecular weight is 382 g/mol. The zero-order valence-electron chi connectivity index (χ0n) is 15.5. The maximum Gasteiger partial charge on any atom is 0.254 e. The fourth-order valence-corrected chi connectivity index (χ4v) is 4.26. The van der Waals surface area contributed by atoms with Gasteiger partial charge >= 0.3 is 0 Å². The summed E-state index contributed by atoms with van der Waals surface area (Å²) in [5.41, 5.74) is 3.93. The van der Waals surface area contributed by atoms with Crippen LogP contribution in [0.2, 0.25) is 0 Å². The summed E-state index contributed by atoms with van der Waals surface area (Å²) in [5.74, 6) is 0.883. The maximum atomic E-state index is 12.7. The summed E-state index contributed by atoms with van der Waals surface area (Å²) in [6.45, 7) is 5.31. The summed E-state index contributed by atoms with van der Waals surface area (Å²) in [6, 6.07) is 15.9. The zero-order chi connectivity index (χ0) is 18.8. The summed E-state index contributed by atoms with van der Waals surface area (Å²) >= 11 is 1.66. The lowest BCUT2D eigenvalue weighted by molar-refractivity contribution is -0.0586. The van der Waals surface area contributed by atoms with Crippen molar-refractivity contribution < 1.29 is 9.53 Å². The molecule has 1 fully saturated rings. The first kappa shape index (κ1) is 18.1. The minimum Gasteiger partial charge on any atom is -0.372 e. The third kappa shape index (κ3) is 4.17. The first-order valence-electron chi connectivity index (χ1n) is 9.20. The van der Waals surface area contributed by atoms with Gasteiger partial charge in [-0.15, -0.1) is 0 Å². The number of benzene rings is 2. The minimum atomic E-state index is 0.0773.